The van der Waals surface area contributed by atoms with Crippen LogP contribution in [0.3, 0.4) is 0 Å². The summed E-state index contributed by atoms with van der Waals surface area (Å²) in [5.41, 5.74) is 5.01. The molecule has 1 atom stereocenters. The van der Waals surface area contributed by atoms with E-state index in [9.17, 15) is 4.39 Å². The fraction of sp³-hybridized carbons (Fsp3) is 0.357. The molecule has 0 radical (unpaired) electrons. The molecule has 18 heavy (non-hydrogen) atoms. The van der Waals surface area contributed by atoms with Crippen molar-refractivity contribution in [2.45, 2.75) is 25.3 Å². The van der Waals surface area contributed by atoms with Crippen molar-refractivity contribution in [2.24, 2.45) is 0 Å². The van der Waals surface area contributed by atoms with Crippen LogP contribution in [0.15, 0.2) is 29.1 Å². The molecule has 0 aliphatic heterocycles. The van der Waals surface area contributed by atoms with Gasteiger partial charge >= 0.3 is 0 Å². The fourth-order valence-corrected chi connectivity index (χ4v) is 3.15. The second kappa shape index (κ2) is 5.16. The summed E-state index contributed by atoms with van der Waals surface area (Å²) in [6.07, 6.45) is 2.77. The Morgan fingerprint density at radius 2 is 2.39 bits per heavy atom. The average molecular weight is 262 g/mol. The van der Waals surface area contributed by atoms with E-state index in [0.29, 0.717) is 6.04 Å². The molecule has 1 unspecified atom stereocenters. The van der Waals surface area contributed by atoms with Crippen LogP contribution in [0, 0.1) is 5.82 Å². The van der Waals surface area contributed by atoms with Crippen LogP contribution in [0.5, 0.6) is 0 Å². The van der Waals surface area contributed by atoms with Crippen molar-refractivity contribution in [3.05, 3.63) is 51.7 Å². The van der Waals surface area contributed by atoms with Crippen molar-refractivity contribution in [2.75, 3.05) is 6.54 Å². The van der Waals surface area contributed by atoms with E-state index in [0.717, 1.165) is 42.6 Å². The minimum atomic E-state index is -0.0590. The lowest BCUT2D eigenvalue weighted by atomic mass is 10.1. The van der Waals surface area contributed by atoms with Gasteiger partial charge in [0.2, 0.25) is 0 Å². The molecule has 1 N–H and O–H groups in total. The monoisotopic (exact) mass is 262 g/mol. The van der Waals surface area contributed by atoms with Gasteiger partial charge in [-0.3, -0.25) is 0 Å². The maximum absolute atomic E-state index is 13.6. The van der Waals surface area contributed by atoms with Crippen LogP contribution in [-0.2, 0) is 12.8 Å². The number of nitrogens with one attached hydrogen (secondary N) is 1. The molecular weight excluding hydrogens is 247 g/mol. The van der Waals surface area contributed by atoms with Crippen LogP contribution in [0.4, 0.5) is 4.39 Å². The molecule has 0 fully saturated rings. The second-order valence-electron chi connectivity index (χ2n) is 4.58. The van der Waals surface area contributed by atoms with Gasteiger partial charge in [-0.25, -0.2) is 9.37 Å². The summed E-state index contributed by atoms with van der Waals surface area (Å²) in [5.74, 6) is -0.0590. The van der Waals surface area contributed by atoms with Crippen LogP contribution in [0.1, 0.15) is 29.3 Å². The smallest absolute Gasteiger partial charge is 0.126 e. The normalized spacial score (nSPS) is 17.9. The van der Waals surface area contributed by atoms with Crippen LogP contribution < -0.4 is 5.32 Å². The number of thiazole rings is 1. The molecule has 0 bridgehead atoms. The highest BCUT2D eigenvalue weighted by molar-refractivity contribution is 7.07. The van der Waals surface area contributed by atoms with Crippen molar-refractivity contribution in [3.8, 4) is 0 Å². The molecule has 0 amide bonds. The van der Waals surface area contributed by atoms with E-state index in [2.05, 4.69) is 15.7 Å². The van der Waals surface area contributed by atoms with Crippen molar-refractivity contribution in [1.82, 2.24) is 10.3 Å². The molecule has 1 aromatic carbocycles. The summed E-state index contributed by atoms with van der Waals surface area (Å²) in [6.45, 7) is 0.893. The zero-order valence-corrected chi connectivity index (χ0v) is 10.8. The van der Waals surface area contributed by atoms with E-state index in [4.69, 9.17) is 0 Å². The predicted molar refractivity (Wildman–Crippen MR) is 71.3 cm³/mol. The van der Waals surface area contributed by atoms with Gasteiger partial charge in [-0.15, -0.1) is 11.3 Å². The topological polar surface area (TPSA) is 24.9 Å². The first kappa shape index (κ1) is 11.8. The summed E-state index contributed by atoms with van der Waals surface area (Å²) < 4.78 is 13.6. The van der Waals surface area contributed by atoms with E-state index in [1.54, 1.807) is 23.5 Å². The van der Waals surface area contributed by atoms with Crippen LogP contribution in [0.2, 0.25) is 0 Å². The van der Waals surface area contributed by atoms with Crippen molar-refractivity contribution >= 4 is 11.3 Å². The first-order valence-electron chi connectivity index (χ1n) is 6.22. The Bertz CT molecular complexity index is 525. The molecule has 94 valence electrons. The third kappa shape index (κ3) is 2.31. The van der Waals surface area contributed by atoms with Gasteiger partial charge in [0, 0.05) is 24.4 Å². The minimum absolute atomic E-state index is 0.0590. The molecule has 1 aliphatic rings. The van der Waals surface area contributed by atoms with Gasteiger partial charge in [-0.05, 0) is 30.0 Å². The Morgan fingerprint density at radius 3 is 3.22 bits per heavy atom. The number of nitrogens with zero attached hydrogens (tertiary/aromatic N) is 1. The Kier molecular flexibility index (Phi) is 3.39. The molecule has 0 spiro atoms. The number of hydrogen-bond donors (Lipinski definition) is 1. The Hall–Kier alpha value is -1.26. The molecule has 0 saturated carbocycles. The van der Waals surface area contributed by atoms with Gasteiger partial charge in [0.25, 0.3) is 0 Å². The molecular formula is C14H15FN2S. The lowest BCUT2D eigenvalue weighted by Gasteiger charge is -2.13. The molecule has 2 nitrogen and oxygen atoms in total. The number of halogens is 1. The first-order chi connectivity index (χ1) is 8.84. The Balaban J connectivity index is 1.61. The van der Waals surface area contributed by atoms with E-state index in [1.165, 1.54) is 0 Å². The second-order valence-corrected chi connectivity index (χ2v) is 5.30. The number of rotatable bonds is 4. The highest BCUT2D eigenvalue weighted by atomic mass is 32.1. The van der Waals surface area contributed by atoms with Gasteiger partial charge in [0.05, 0.1) is 11.2 Å². The fourth-order valence-electron chi connectivity index (χ4n) is 2.56. The highest BCUT2D eigenvalue weighted by Crippen LogP contribution is 2.32. The molecule has 1 aliphatic carbocycles. The summed E-state index contributed by atoms with van der Waals surface area (Å²) in [4.78, 5) is 4.26. The van der Waals surface area contributed by atoms with E-state index >= 15 is 0 Å². The number of benzene rings is 1. The zero-order valence-electron chi connectivity index (χ0n) is 10.0. The molecule has 1 aromatic heterocycles. The Labute approximate surface area is 110 Å². The standard InChI is InChI=1S/C14H15FN2S/c15-13-3-1-2-12-11(13)4-5-14(12)16-7-6-10-8-18-9-17-10/h1-3,8-9,14,16H,4-7H2. The highest BCUT2D eigenvalue weighted by Gasteiger charge is 2.23. The molecule has 1 heterocycles. The third-order valence-corrected chi connectivity index (χ3v) is 4.10. The molecule has 2 aromatic rings. The predicted octanol–water partition coefficient (Wildman–Crippen LogP) is 3.10. The van der Waals surface area contributed by atoms with Crippen molar-refractivity contribution in [3.63, 3.8) is 0 Å². The minimum Gasteiger partial charge on any atom is -0.310 e. The van der Waals surface area contributed by atoms with Crippen LogP contribution in [-0.4, -0.2) is 11.5 Å². The van der Waals surface area contributed by atoms with Crippen molar-refractivity contribution in [1.29, 1.82) is 0 Å². The van der Waals surface area contributed by atoms with Gasteiger partial charge in [0.1, 0.15) is 5.82 Å². The molecule has 4 heteroatoms. The average Bonchev–Trinajstić information content (AvgIpc) is 3.00. The first-order valence-corrected chi connectivity index (χ1v) is 7.16. The maximum atomic E-state index is 13.6. The summed E-state index contributed by atoms with van der Waals surface area (Å²) in [6, 6.07) is 5.69. The van der Waals surface area contributed by atoms with E-state index in [1.807, 2.05) is 11.6 Å². The largest absolute Gasteiger partial charge is 0.310 e. The SMILES string of the molecule is Fc1cccc2c1CCC2NCCc1cscn1. The Morgan fingerprint density at radius 1 is 1.44 bits per heavy atom. The summed E-state index contributed by atoms with van der Waals surface area (Å²) in [7, 11) is 0. The van der Waals surface area contributed by atoms with Gasteiger partial charge in [-0.2, -0.15) is 0 Å². The molecule has 3 rings (SSSR count). The number of aromatic nitrogens is 1. The lowest BCUT2D eigenvalue weighted by molar-refractivity contribution is 0.532. The lowest BCUT2D eigenvalue weighted by Crippen LogP contribution is -2.22. The zero-order chi connectivity index (χ0) is 12.4. The van der Waals surface area contributed by atoms with E-state index in [-0.39, 0.29) is 5.82 Å². The number of fused-ring (bicyclic) bond motifs is 1. The summed E-state index contributed by atoms with van der Waals surface area (Å²) in [5, 5.41) is 5.57. The van der Waals surface area contributed by atoms with Crippen LogP contribution >= 0.6 is 11.3 Å². The third-order valence-electron chi connectivity index (χ3n) is 3.47. The molecule has 0 saturated heterocycles. The van der Waals surface area contributed by atoms with Gasteiger partial charge < -0.3 is 5.32 Å². The summed E-state index contributed by atoms with van der Waals surface area (Å²) >= 11 is 1.62. The van der Waals surface area contributed by atoms with Crippen LogP contribution in [0.25, 0.3) is 0 Å². The van der Waals surface area contributed by atoms with Gasteiger partial charge in [-0.1, -0.05) is 12.1 Å². The quantitative estimate of drug-likeness (QED) is 0.916. The van der Waals surface area contributed by atoms with Gasteiger partial charge in [0.15, 0.2) is 0 Å². The van der Waals surface area contributed by atoms with Crippen molar-refractivity contribution < 1.29 is 4.39 Å². The van der Waals surface area contributed by atoms with E-state index < -0.39 is 0 Å². The number of hydrogen-bond acceptors (Lipinski definition) is 3. The maximum Gasteiger partial charge on any atom is 0.126 e.